The van der Waals surface area contributed by atoms with Gasteiger partial charge in [-0.2, -0.15) is 0 Å². The van der Waals surface area contributed by atoms with Crippen LogP contribution < -0.4 is 65.9 Å². The number of benzene rings is 2. The van der Waals surface area contributed by atoms with Crippen molar-refractivity contribution < 1.29 is 63.0 Å². The van der Waals surface area contributed by atoms with Crippen LogP contribution in [0.4, 0.5) is 0 Å². The minimum atomic E-state index is -1.92. The molecule has 75 heavy (non-hydrogen) atoms. The highest BCUT2D eigenvalue weighted by molar-refractivity contribution is 8.76. The molecule has 0 radical (unpaired) electrons. The molecule has 0 bridgehead atoms. The van der Waals surface area contributed by atoms with E-state index in [4.69, 9.17) is 28.7 Å². The van der Waals surface area contributed by atoms with Gasteiger partial charge in [0, 0.05) is 43.9 Å². The fourth-order valence-corrected chi connectivity index (χ4v) is 10.1. The number of primary amides is 2. The van der Waals surface area contributed by atoms with Crippen molar-refractivity contribution in [3.8, 4) is 5.75 Å². The van der Waals surface area contributed by atoms with Crippen molar-refractivity contribution in [3.05, 3.63) is 65.7 Å². The van der Waals surface area contributed by atoms with E-state index in [0.29, 0.717) is 11.1 Å². The van der Waals surface area contributed by atoms with Gasteiger partial charge in [-0.1, -0.05) is 64.1 Å². The van der Waals surface area contributed by atoms with E-state index in [1.807, 2.05) is 0 Å². The molecule has 4 rings (SSSR count). The Kier molecular flexibility index (Phi) is 23.9. The Bertz CT molecular complexity index is 2420. The number of carbonyl (C=O) groups is 11. The SMILES string of the molecule is NC(=O)CC[C@@H]1NC(=O)[C@H](Cc2ccccc2)NC(=O)[C@H](Cc2ccc(O)cc2)NC(=O)[C@@H](N)CSSC[C@@H](C(=O)N2CCCC2C(=O)N[C@@H](CCCN=C(N)N)C(=O)NCC(N)=O)NC(=O)[C@H](CC(=O)O)NC1=O. The van der Waals surface area contributed by atoms with Gasteiger partial charge in [-0.15, -0.1) is 0 Å². The molecule has 2 aromatic carbocycles. The zero-order valence-corrected chi connectivity index (χ0v) is 42.3. The number of carboxylic acids is 1. The molecule has 2 aromatic rings. The third kappa shape index (κ3) is 20.3. The average molecular weight is 1090 g/mol. The number of aromatic hydroxyl groups is 1. The Hall–Kier alpha value is -7.66. The monoisotopic (exact) mass is 1080 g/mol. The van der Waals surface area contributed by atoms with Crippen LogP contribution in [0.25, 0.3) is 0 Å². The third-order valence-corrected chi connectivity index (χ3v) is 14.1. The van der Waals surface area contributed by atoms with Crippen LogP contribution >= 0.6 is 21.6 Å². The summed E-state index contributed by atoms with van der Waals surface area (Å²) in [5, 5.41) is 37.3. The number of carbonyl (C=O) groups excluding carboxylic acids is 10. The number of hydrogen-bond acceptors (Lipinski definition) is 16. The molecule has 2 heterocycles. The van der Waals surface area contributed by atoms with E-state index in [2.05, 4.69) is 42.2 Å². The van der Waals surface area contributed by atoms with E-state index < -0.39 is 139 Å². The second kappa shape index (κ2) is 29.9. The normalized spacial score (nSPS) is 22.6. The molecule has 0 spiro atoms. The maximum atomic E-state index is 14.6. The Morgan fingerprint density at radius 1 is 0.733 bits per heavy atom. The smallest absolute Gasteiger partial charge is 0.305 e. The van der Waals surface area contributed by atoms with Crippen LogP contribution in [0, 0.1) is 0 Å². The number of carboxylic acid groups (broad SMARTS) is 1. The lowest BCUT2D eigenvalue weighted by molar-refractivity contribution is -0.143. The van der Waals surface area contributed by atoms with Gasteiger partial charge in [-0.25, -0.2) is 0 Å². The van der Waals surface area contributed by atoms with Crippen molar-refractivity contribution in [2.45, 2.75) is 106 Å². The lowest BCUT2D eigenvalue weighted by Crippen LogP contribution is -2.61. The summed E-state index contributed by atoms with van der Waals surface area (Å²) in [7, 11) is 1.95. The van der Waals surface area contributed by atoms with Crippen molar-refractivity contribution in [1.82, 2.24) is 42.1 Å². The van der Waals surface area contributed by atoms with Gasteiger partial charge in [0.1, 0.15) is 48.0 Å². The first-order valence-electron chi connectivity index (χ1n) is 23.7. The largest absolute Gasteiger partial charge is 0.508 e. The van der Waals surface area contributed by atoms with Gasteiger partial charge in [0.15, 0.2) is 5.96 Å². The molecule has 10 amide bonds. The van der Waals surface area contributed by atoms with Crippen LogP contribution in [-0.4, -0.2) is 166 Å². The van der Waals surface area contributed by atoms with Gasteiger partial charge in [0.05, 0.1) is 19.0 Å². The van der Waals surface area contributed by atoms with E-state index in [9.17, 15) is 63.0 Å². The average Bonchev–Trinajstić information content (AvgIpc) is 3.86. The number of nitrogens with zero attached hydrogens (tertiary/aromatic N) is 2. The van der Waals surface area contributed by atoms with Crippen molar-refractivity contribution in [3.63, 3.8) is 0 Å². The highest BCUT2D eigenvalue weighted by Crippen LogP contribution is 2.26. The summed E-state index contributed by atoms with van der Waals surface area (Å²) in [6.45, 7) is -0.478. The first kappa shape index (κ1) is 59.9. The number of phenols is 1. The molecular formula is C46H64N14O13S2. The van der Waals surface area contributed by atoms with E-state index >= 15 is 0 Å². The molecule has 2 aliphatic heterocycles. The fraction of sp³-hybridized carbons (Fsp3) is 0.478. The lowest BCUT2D eigenvalue weighted by Gasteiger charge is -2.31. The van der Waals surface area contributed by atoms with Crippen molar-refractivity contribution in [2.75, 3.05) is 31.1 Å². The minimum absolute atomic E-state index is 0.00915. The maximum absolute atomic E-state index is 14.6. The molecule has 1 unspecified atom stereocenters. The van der Waals surface area contributed by atoms with Crippen molar-refractivity contribution in [1.29, 1.82) is 0 Å². The van der Waals surface area contributed by atoms with Crippen LogP contribution in [0.2, 0.25) is 0 Å². The molecule has 27 nitrogen and oxygen atoms in total. The zero-order valence-electron chi connectivity index (χ0n) is 40.7. The Morgan fingerprint density at radius 2 is 1.31 bits per heavy atom. The maximum Gasteiger partial charge on any atom is 0.305 e. The summed E-state index contributed by atoms with van der Waals surface area (Å²) in [5.74, 6) is -11.3. The Morgan fingerprint density at radius 3 is 1.92 bits per heavy atom. The Labute approximate surface area is 438 Å². The molecule has 0 aliphatic carbocycles. The number of likely N-dealkylation sites (tertiary alicyclic amines) is 1. The number of aliphatic carboxylic acids is 1. The second-order valence-electron chi connectivity index (χ2n) is 17.5. The summed E-state index contributed by atoms with van der Waals surface area (Å²) in [6, 6.07) is 2.43. The number of rotatable bonds is 19. The number of aliphatic imine (C=N–C) groups is 1. The van der Waals surface area contributed by atoms with Crippen LogP contribution in [0.3, 0.4) is 0 Å². The lowest BCUT2D eigenvalue weighted by atomic mass is 10.0. The molecule has 19 N–H and O–H groups in total. The number of nitrogens with one attached hydrogen (secondary N) is 7. The molecule has 408 valence electrons. The van der Waals surface area contributed by atoms with Gasteiger partial charge in [-0.3, -0.25) is 57.7 Å². The molecule has 29 heteroatoms. The topological polar surface area (TPSA) is 458 Å². The van der Waals surface area contributed by atoms with Gasteiger partial charge in [-0.05, 0) is 55.4 Å². The fourth-order valence-electron chi connectivity index (χ4n) is 7.77. The summed E-state index contributed by atoms with van der Waals surface area (Å²) < 4.78 is 0. The molecule has 0 aromatic heterocycles. The van der Waals surface area contributed by atoms with Crippen LogP contribution in [0.5, 0.6) is 5.75 Å². The zero-order chi connectivity index (χ0) is 55.2. The van der Waals surface area contributed by atoms with Crippen LogP contribution in [0.1, 0.15) is 56.1 Å². The summed E-state index contributed by atoms with van der Waals surface area (Å²) in [5.41, 5.74) is 28.8. The summed E-state index contributed by atoms with van der Waals surface area (Å²) in [4.78, 5) is 153. The van der Waals surface area contributed by atoms with Gasteiger partial charge >= 0.3 is 5.97 Å². The predicted molar refractivity (Wildman–Crippen MR) is 274 cm³/mol. The van der Waals surface area contributed by atoms with E-state index in [-0.39, 0.29) is 74.8 Å². The molecule has 2 saturated heterocycles. The van der Waals surface area contributed by atoms with Gasteiger partial charge < -0.3 is 81.0 Å². The van der Waals surface area contributed by atoms with Gasteiger partial charge in [0.2, 0.25) is 59.1 Å². The number of guanidine groups is 1. The van der Waals surface area contributed by atoms with Crippen LogP contribution in [0.15, 0.2) is 59.6 Å². The molecule has 2 fully saturated rings. The molecular weight excluding hydrogens is 1020 g/mol. The van der Waals surface area contributed by atoms with E-state index in [1.165, 1.54) is 24.3 Å². The van der Waals surface area contributed by atoms with Crippen LogP contribution in [-0.2, 0) is 65.6 Å². The summed E-state index contributed by atoms with van der Waals surface area (Å²) in [6.07, 6.45) is -1.74. The quantitative estimate of drug-likeness (QED) is 0.0272. The highest BCUT2D eigenvalue weighted by Gasteiger charge is 2.41. The minimum Gasteiger partial charge on any atom is -0.508 e. The standard InChI is InChI=1S/C46H64N14O13S2/c47-27-22-74-75-23-33(45(73)60-17-5-9-34(60)44(72)55-28(8-4-16-52-46(50)51)39(67)53-21-36(49)63)59-43(71)32(20-37(64)65)58-40(68)29(14-15-35(48)62)54-41(69)31(18-24-6-2-1-3-7-24)57-42(70)30(56-38(27)66)19-25-10-12-26(61)13-11-25/h1-3,6-7,10-13,27-34,61H,4-5,8-9,14-23,47H2,(H2,48,62)(H2,49,63)(H,53,67)(H,54,69)(H,55,72)(H,56,66)(H,57,70)(H,58,68)(H,59,71)(H,64,65)(H4,50,51,52)/t27-,28-,29-,30-,31-,32-,33-,34?/m0/s1. The number of hydrogen-bond donors (Lipinski definition) is 14. The summed E-state index contributed by atoms with van der Waals surface area (Å²) >= 11 is 0. The van der Waals surface area contributed by atoms with E-state index in [1.54, 1.807) is 30.3 Å². The molecule has 8 atom stereocenters. The first-order valence-corrected chi connectivity index (χ1v) is 26.2. The molecule has 0 saturated carbocycles. The number of nitrogens with two attached hydrogens (primary N) is 5. The highest BCUT2D eigenvalue weighted by atomic mass is 33.1. The second-order valence-corrected chi connectivity index (χ2v) is 20.1. The number of amides is 10. The van der Waals surface area contributed by atoms with E-state index in [0.717, 1.165) is 26.5 Å². The first-order chi connectivity index (χ1) is 35.6. The molecule has 2 aliphatic rings. The number of phenolic OH excluding ortho intramolecular Hbond substituents is 1. The third-order valence-electron chi connectivity index (χ3n) is 11.6. The van der Waals surface area contributed by atoms with Crippen molar-refractivity contribution >= 4 is 92.6 Å². The van der Waals surface area contributed by atoms with Crippen molar-refractivity contribution in [2.24, 2.45) is 33.7 Å². The predicted octanol–water partition coefficient (Wildman–Crippen LogP) is -4.81. The Balaban J connectivity index is 1.71. The van der Waals surface area contributed by atoms with Gasteiger partial charge in [0.25, 0.3) is 0 Å².